The normalized spacial score (nSPS) is 10.9. The fraction of sp³-hybridized carbons (Fsp3) is 0.562. The number of nitrogens with one attached hydrogen (secondary N) is 1. The number of aromatic nitrogens is 4. The molecule has 0 aliphatic rings. The number of imidazole rings is 1. The molecule has 0 saturated heterocycles. The molecule has 5 heteroatoms. The van der Waals surface area contributed by atoms with Crippen LogP contribution in [0.1, 0.15) is 45.0 Å². The number of hydrogen-bond acceptors (Lipinski definition) is 4. The molecule has 0 radical (unpaired) electrons. The third-order valence-corrected chi connectivity index (χ3v) is 3.44. The van der Waals surface area contributed by atoms with Gasteiger partial charge in [-0.05, 0) is 19.8 Å². The van der Waals surface area contributed by atoms with Crippen molar-refractivity contribution < 1.29 is 0 Å². The molecule has 0 aliphatic carbocycles. The monoisotopic (exact) mass is 287 g/mol. The first-order valence-electron chi connectivity index (χ1n) is 7.84. The van der Waals surface area contributed by atoms with E-state index in [-0.39, 0.29) is 0 Å². The highest BCUT2D eigenvalue weighted by molar-refractivity contribution is 5.63. The molecule has 2 aromatic heterocycles. The van der Waals surface area contributed by atoms with Crippen LogP contribution < -0.4 is 5.32 Å². The van der Waals surface area contributed by atoms with Crippen molar-refractivity contribution in [2.45, 2.75) is 53.5 Å². The molecule has 0 atom stereocenters. The number of hydrogen-bond donors (Lipinski definition) is 1. The van der Waals surface area contributed by atoms with Gasteiger partial charge in [0.2, 0.25) is 0 Å². The van der Waals surface area contributed by atoms with Gasteiger partial charge in [0.05, 0.1) is 0 Å². The Hall–Kier alpha value is -1.91. The molecule has 0 saturated carbocycles. The van der Waals surface area contributed by atoms with E-state index < -0.39 is 0 Å². The van der Waals surface area contributed by atoms with E-state index in [0.29, 0.717) is 0 Å². The summed E-state index contributed by atoms with van der Waals surface area (Å²) in [5.74, 6) is 2.73. The Morgan fingerprint density at radius 2 is 1.95 bits per heavy atom. The molecule has 0 unspecified atom stereocenters. The lowest BCUT2D eigenvalue weighted by atomic mass is 10.2. The Kier molecular flexibility index (Phi) is 5.31. The lowest BCUT2D eigenvalue weighted by Crippen LogP contribution is -2.10. The summed E-state index contributed by atoms with van der Waals surface area (Å²) < 4.78 is 2.17. The lowest BCUT2D eigenvalue weighted by molar-refractivity contribution is 0.682. The second-order valence-corrected chi connectivity index (χ2v) is 5.19. The largest absolute Gasteiger partial charge is 0.370 e. The van der Waals surface area contributed by atoms with Crippen molar-refractivity contribution in [2.24, 2.45) is 0 Å². The van der Waals surface area contributed by atoms with Gasteiger partial charge < -0.3 is 9.88 Å². The lowest BCUT2D eigenvalue weighted by Gasteiger charge is -2.14. The number of rotatable bonds is 7. The van der Waals surface area contributed by atoms with E-state index in [9.17, 15) is 0 Å². The molecule has 2 aromatic rings. The van der Waals surface area contributed by atoms with Crippen LogP contribution in [0.2, 0.25) is 0 Å². The topological polar surface area (TPSA) is 55.6 Å². The Balaban J connectivity index is 2.48. The van der Waals surface area contributed by atoms with Gasteiger partial charge in [0.25, 0.3) is 0 Å². The predicted molar refractivity (Wildman–Crippen MR) is 86.4 cm³/mol. The molecule has 0 spiro atoms. The summed E-state index contributed by atoms with van der Waals surface area (Å²) in [5, 5.41) is 3.40. The standard InChI is InChI=1S/C16H25N5/c1-5-8-17-15-12(4)14(19-13(7-3)20-15)16-18-9-11-21(16)10-6-2/h9,11H,5-8,10H2,1-4H3,(H,17,19,20). The smallest absolute Gasteiger partial charge is 0.159 e. The van der Waals surface area contributed by atoms with Crippen LogP contribution in [0.4, 0.5) is 5.82 Å². The van der Waals surface area contributed by atoms with Crippen molar-refractivity contribution in [2.75, 3.05) is 11.9 Å². The molecule has 1 N–H and O–H groups in total. The molecule has 0 amide bonds. The summed E-state index contributed by atoms with van der Waals surface area (Å²) in [7, 11) is 0. The molecule has 21 heavy (non-hydrogen) atoms. The zero-order valence-corrected chi connectivity index (χ0v) is 13.5. The van der Waals surface area contributed by atoms with E-state index in [4.69, 9.17) is 4.98 Å². The van der Waals surface area contributed by atoms with Gasteiger partial charge >= 0.3 is 0 Å². The first kappa shape index (κ1) is 15.5. The van der Waals surface area contributed by atoms with Crippen LogP contribution in [0.5, 0.6) is 0 Å². The van der Waals surface area contributed by atoms with E-state index in [1.807, 2.05) is 12.4 Å². The molecule has 2 heterocycles. The van der Waals surface area contributed by atoms with Gasteiger partial charge in [0.15, 0.2) is 5.82 Å². The maximum atomic E-state index is 4.71. The zero-order chi connectivity index (χ0) is 15.2. The van der Waals surface area contributed by atoms with Crippen molar-refractivity contribution in [3.8, 4) is 11.5 Å². The highest BCUT2D eigenvalue weighted by Crippen LogP contribution is 2.25. The van der Waals surface area contributed by atoms with Crippen LogP contribution >= 0.6 is 0 Å². The zero-order valence-electron chi connectivity index (χ0n) is 13.5. The maximum Gasteiger partial charge on any atom is 0.159 e. The Morgan fingerprint density at radius 3 is 2.62 bits per heavy atom. The van der Waals surface area contributed by atoms with Crippen molar-refractivity contribution in [3.63, 3.8) is 0 Å². The van der Waals surface area contributed by atoms with Gasteiger partial charge in [0, 0.05) is 37.5 Å². The minimum atomic E-state index is 0.822. The van der Waals surface area contributed by atoms with Gasteiger partial charge in [-0.2, -0.15) is 0 Å². The molecular formula is C16H25N5. The van der Waals surface area contributed by atoms with E-state index in [2.05, 4.69) is 47.5 Å². The van der Waals surface area contributed by atoms with E-state index in [0.717, 1.165) is 61.1 Å². The summed E-state index contributed by atoms with van der Waals surface area (Å²) in [6, 6.07) is 0. The van der Waals surface area contributed by atoms with E-state index in [1.165, 1.54) is 0 Å². The molecular weight excluding hydrogens is 262 g/mol. The summed E-state index contributed by atoms with van der Waals surface area (Å²) in [4.78, 5) is 13.8. The van der Waals surface area contributed by atoms with Gasteiger partial charge in [-0.3, -0.25) is 0 Å². The Bertz CT molecular complexity index is 588. The summed E-state index contributed by atoms with van der Waals surface area (Å²) in [6.07, 6.45) is 6.84. The first-order valence-corrected chi connectivity index (χ1v) is 7.84. The quantitative estimate of drug-likeness (QED) is 0.847. The SMILES string of the molecule is CCCNc1nc(CC)nc(-c2nccn2CCC)c1C. The fourth-order valence-corrected chi connectivity index (χ4v) is 2.30. The molecule has 5 nitrogen and oxygen atoms in total. The predicted octanol–water partition coefficient (Wildman–Crippen LogP) is 3.44. The fourth-order valence-electron chi connectivity index (χ4n) is 2.30. The second-order valence-electron chi connectivity index (χ2n) is 5.19. The van der Waals surface area contributed by atoms with Crippen molar-refractivity contribution >= 4 is 5.82 Å². The van der Waals surface area contributed by atoms with E-state index in [1.54, 1.807) is 0 Å². The molecule has 0 fully saturated rings. The van der Waals surface area contributed by atoms with Crippen molar-refractivity contribution in [1.82, 2.24) is 19.5 Å². The third kappa shape index (κ3) is 3.40. The number of anilines is 1. The van der Waals surface area contributed by atoms with E-state index >= 15 is 0 Å². The van der Waals surface area contributed by atoms with Crippen LogP contribution in [-0.2, 0) is 13.0 Å². The van der Waals surface area contributed by atoms with Crippen LogP contribution in [0.15, 0.2) is 12.4 Å². The summed E-state index contributed by atoms with van der Waals surface area (Å²) in [5.41, 5.74) is 2.02. The molecule has 0 aromatic carbocycles. The first-order chi connectivity index (χ1) is 10.2. The maximum absolute atomic E-state index is 4.71. The highest BCUT2D eigenvalue weighted by Gasteiger charge is 2.15. The van der Waals surface area contributed by atoms with Gasteiger partial charge in [0.1, 0.15) is 17.3 Å². The summed E-state index contributed by atoms with van der Waals surface area (Å²) >= 11 is 0. The Labute approximate surface area is 126 Å². The van der Waals surface area contributed by atoms with Crippen LogP contribution in [0.25, 0.3) is 11.5 Å². The van der Waals surface area contributed by atoms with Gasteiger partial charge in [-0.25, -0.2) is 15.0 Å². The Morgan fingerprint density at radius 1 is 1.14 bits per heavy atom. The van der Waals surface area contributed by atoms with Crippen molar-refractivity contribution in [3.05, 3.63) is 23.8 Å². The van der Waals surface area contributed by atoms with Crippen LogP contribution in [0, 0.1) is 6.92 Å². The van der Waals surface area contributed by atoms with Gasteiger partial charge in [-0.15, -0.1) is 0 Å². The average Bonchev–Trinajstić information content (AvgIpc) is 2.95. The van der Waals surface area contributed by atoms with Gasteiger partial charge in [-0.1, -0.05) is 20.8 Å². The average molecular weight is 287 g/mol. The molecule has 114 valence electrons. The van der Waals surface area contributed by atoms with Crippen molar-refractivity contribution in [1.29, 1.82) is 0 Å². The molecule has 2 rings (SSSR count). The number of aryl methyl sites for hydroxylation is 2. The molecule has 0 aliphatic heterocycles. The summed E-state index contributed by atoms with van der Waals surface area (Å²) in [6.45, 7) is 10.3. The van der Waals surface area contributed by atoms with Crippen LogP contribution in [0.3, 0.4) is 0 Å². The third-order valence-electron chi connectivity index (χ3n) is 3.44. The number of nitrogens with zero attached hydrogens (tertiary/aromatic N) is 4. The highest BCUT2D eigenvalue weighted by atomic mass is 15.1. The minimum absolute atomic E-state index is 0.822. The molecule has 0 bridgehead atoms. The van der Waals surface area contributed by atoms with Crippen LogP contribution in [-0.4, -0.2) is 26.1 Å². The second kappa shape index (κ2) is 7.20. The minimum Gasteiger partial charge on any atom is -0.370 e.